The Morgan fingerprint density at radius 2 is 1.77 bits per heavy atom. The normalized spacial score (nSPS) is 23.1. The summed E-state index contributed by atoms with van der Waals surface area (Å²) in [5.41, 5.74) is 2.14. The van der Waals surface area contributed by atoms with Gasteiger partial charge in [-0.15, -0.1) is 0 Å². The third kappa shape index (κ3) is 3.40. The summed E-state index contributed by atoms with van der Waals surface area (Å²) in [6.45, 7) is 0.585. The van der Waals surface area contributed by atoms with E-state index in [0.29, 0.717) is 17.7 Å². The van der Waals surface area contributed by atoms with E-state index in [1.807, 2.05) is 6.07 Å². The number of carbonyl (C=O) groups excluding carboxylic acids is 2. The van der Waals surface area contributed by atoms with Crippen LogP contribution in [0.1, 0.15) is 54.8 Å². The number of carbonyl (C=O) groups is 2. The van der Waals surface area contributed by atoms with Crippen molar-refractivity contribution in [2.45, 2.75) is 50.6 Å². The van der Waals surface area contributed by atoms with Crippen LogP contribution in [0, 0.1) is 5.82 Å². The van der Waals surface area contributed by atoms with Gasteiger partial charge in [0.05, 0.1) is 18.2 Å². The number of hydrogen-bond acceptors (Lipinski definition) is 4. The number of hydrogen-bond donors (Lipinski definition) is 1. The van der Waals surface area contributed by atoms with Crippen molar-refractivity contribution in [2.75, 3.05) is 6.61 Å². The highest BCUT2D eigenvalue weighted by atomic mass is 19.1. The number of nitrogens with zero attached hydrogens (tertiary/aromatic N) is 1. The SMILES string of the molecule is O=C1C(=O)N(C2CCCCC2)C(c2ccc(F)cc2)/C1=C(/O)c1ccc2c(c1)CCO2. The van der Waals surface area contributed by atoms with Gasteiger partial charge in [0.15, 0.2) is 0 Å². The summed E-state index contributed by atoms with van der Waals surface area (Å²) < 4.78 is 19.1. The number of aliphatic hydroxyl groups excluding tert-OH is 1. The van der Waals surface area contributed by atoms with Crippen molar-refractivity contribution in [1.29, 1.82) is 0 Å². The third-order valence-corrected chi connectivity index (χ3v) is 6.60. The molecule has 1 unspecified atom stereocenters. The van der Waals surface area contributed by atoms with E-state index >= 15 is 0 Å². The molecule has 2 heterocycles. The number of ether oxygens (including phenoxy) is 1. The van der Waals surface area contributed by atoms with Gasteiger partial charge in [0.2, 0.25) is 0 Å². The molecule has 6 heteroatoms. The number of aliphatic hydroxyl groups is 1. The first-order valence-corrected chi connectivity index (χ1v) is 10.9. The van der Waals surface area contributed by atoms with Gasteiger partial charge < -0.3 is 14.7 Å². The van der Waals surface area contributed by atoms with Gasteiger partial charge >= 0.3 is 0 Å². The van der Waals surface area contributed by atoms with Crippen molar-refractivity contribution in [2.24, 2.45) is 0 Å². The van der Waals surface area contributed by atoms with Crippen LogP contribution >= 0.6 is 0 Å². The Bertz CT molecular complexity index is 1070. The molecule has 160 valence electrons. The maximum absolute atomic E-state index is 13.6. The quantitative estimate of drug-likeness (QED) is 0.450. The molecule has 31 heavy (non-hydrogen) atoms. The predicted octanol–water partition coefficient (Wildman–Crippen LogP) is 4.52. The largest absolute Gasteiger partial charge is 0.507 e. The van der Waals surface area contributed by atoms with Crippen molar-refractivity contribution in [3.8, 4) is 5.75 Å². The Hall–Kier alpha value is -3.15. The number of benzene rings is 2. The molecule has 0 aromatic heterocycles. The second-order valence-corrected chi connectivity index (χ2v) is 8.47. The standard InChI is InChI=1S/C25H24FNO4/c26-18-9-6-15(7-10-18)22-21(23(28)17-8-11-20-16(14-17)12-13-31-20)24(29)25(30)27(22)19-4-2-1-3-5-19/h6-11,14,19,22,28H,1-5,12-13H2/b23-21-. The number of halogens is 1. The molecule has 1 saturated heterocycles. The fourth-order valence-electron chi connectivity index (χ4n) is 5.05. The van der Waals surface area contributed by atoms with Crippen LogP contribution in [0.15, 0.2) is 48.0 Å². The first kappa shape index (κ1) is 19.8. The van der Waals surface area contributed by atoms with Crippen LogP contribution < -0.4 is 4.74 Å². The molecule has 5 nitrogen and oxygen atoms in total. The fraction of sp³-hybridized carbons (Fsp3) is 0.360. The zero-order valence-corrected chi connectivity index (χ0v) is 17.1. The third-order valence-electron chi connectivity index (χ3n) is 6.60. The topological polar surface area (TPSA) is 66.8 Å². The van der Waals surface area contributed by atoms with Gasteiger partial charge in [-0.05, 0) is 54.3 Å². The molecule has 3 aliphatic rings. The lowest BCUT2D eigenvalue weighted by molar-refractivity contribution is -0.141. The van der Waals surface area contributed by atoms with Crippen LogP contribution in [0.2, 0.25) is 0 Å². The zero-order valence-electron chi connectivity index (χ0n) is 17.1. The van der Waals surface area contributed by atoms with Crippen LogP contribution in [-0.4, -0.2) is 34.3 Å². The van der Waals surface area contributed by atoms with Crippen molar-refractivity contribution < 1.29 is 23.8 Å². The van der Waals surface area contributed by atoms with Crippen molar-refractivity contribution in [3.05, 3.63) is 70.5 Å². The maximum atomic E-state index is 13.6. The van der Waals surface area contributed by atoms with Crippen molar-refractivity contribution in [1.82, 2.24) is 4.90 Å². The smallest absolute Gasteiger partial charge is 0.295 e. The van der Waals surface area contributed by atoms with Crippen LogP contribution in [0.5, 0.6) is 5.75 Å². The minimum Gasteiger partial charge on any atom is -0.507 e. The number of rotatable bonds is 3. The number of fused-ring (bicyclic) bond motifs is 1. The summed E-state index contributed by atoms with van der Waals surface area (Å²) in [5, 5.41) is 11.2. The van der Waals surface area contributed by atoms with Crippen LogP contribution in [0.4, 0.5) is 4.39 Å². The molecule has 0 spiro atoms. The molecule has 1 N–H and O–H groups in total. The van der Waals surface area contributed by atoms with E-state index in [1.54, 1.807) is 29.2 Å². The second-order valence-electron chi connectivity index (χ2n) is 8.47. The Balaban J connectivity index is 1.64. The molecular formula is C25H24FNO4. The van der Waals surface area contributed by atoms with Gasteiger partial charge in [0.25, 0.3) is 11.7 Å². The van der Waals surface area contributed by atoms with Gasteiger partial charge in [-0.2, -0.15) is 0 Å². The highest BCUT2D eigenvalue weighted by molar-refractivity contribution is 6.46. The first-order chi connectivity index (χ1) is 15.0. The highest BCUT2D eigenvalue weighted by Gasteiger charge is 2.48. The molecule has 2 aliphatic heterocycles. The Morgan fingerprint density at radius 3 is 2.52 bits per heavy atom. The average molecular weight is 421 g/mol. The summed E-state index contributed by atoms with van der Waals surface area (Å²) in [7, 11) is 0. The lowest BCUT2D eigenvalue weighted by Crippen LogP contribution is -2.40. The summed E-state index contributed by atoms with van der Waals surface area (Å²) in [6, 6.07) is 10.3. The molecule has 2 aromatic carbocycles. The molecule has 5 rings (SSSR count). The molecule has 1 amide bonds. The lowest BCUT2D eigenvalue weighted by atomic mass is 9.90. The van der Waals surface area contributed by atoms with Crippen LogP contribution in [0.25, 0.3) is 5.76 Å². The number of likely N-dealkylation sites (tertiary alicyclic amines) is 1. The summed E-state index contributed by atoms with van der Waals surface area (Å²) in [5.74, 6) is -1.09. The molecule has 0 bridgehead atoms. The van der Waals surface area contributed by atoms with E-state index in [0.717, 1.165) is 49.8 Å². The van der Waals surface area contributed by atoms with E-state index in [4.69, 9.17) is 4.74 Å². The van der Waals surface area contributed by atoms with E-state index < -0.39 is 23.5 Å². The van der Waals surface area contributed by atoms with Gasteiger partial charge in [-0.25, -0.2) is 4.39 Å². The van der Waals surface area contributed by atoms with Gasteiger partial charge in [0.1, 0.15) is 17.3 Å². The molecule has 2 fully saturated rings. The van der Waals surface area contributed by atoms with Crippen LogP contribution in [-0.2, 0) is 16.0 Å². The van der Waals surface area contributed by atoms with Gasteiger partial charge in [0, 0.05) is 18.0 Å². The van der Waals surface area contributed by atoms with Crippen molar-refractivity contribution in [3.63, 3.8) is 0 Å². The van der Waals surface area contributed by atoms with E-state index in [-0.39, 0.29) is 17.4 Å². The lowest BCUT2D eigenvalue weighted by Gasteiger charge is -2.35. The maximum Gasteiger partial charge on any atom is 0.295 e. The average Bonchev–Trinajstić information content (AvgIpc) is 3.36. The zero-order chi connectivity index (χ0) is 21.5. The summed E-state index contributed by atoms with van der Waals surface area (Å²) in [6.07, 6.45) is 5.47. The highest BCUT2D eigenvalue weighted by Crippen LogP contribution is 2.43. The monoisotopic (exact) mass is 421 g/mol. The number of Topliss-reactive ketones (excluding diaryl/α,β-unsaturated/α-hetero) is 1. The minimum absolute atomic E-state index is 0.0704. The number of ketones is 1. The molecule has 2 aromatic rings. The molecule has 1 saturated carbocycles. The fourth-order valence-corrected chi connectivity index (χ4v) is 5.05. The van der Waals surface area contributed by atoms with Gasteiger partial charge in [-0.1, -0.05) is 31.4 Å². The summed E-state index contributed by atoms with van der Waals surface area (Å²) >= 11 is 0. The number of amides is 1. The molecule has 1 atom stereocenters. The molecule has 1 aliphatic carbocycles. The van der Waals surface area contributed by atoms with E-state index in [9.17, 15) is 19.1 Å². The first-order valence-electron chi connectivity index (χ1n) is 10.9. The van der Waals surface area contributed by atoms with E-state index in [1.165, 1.54) is 12.1 Å². The van der Waals surface area contributed by atoms with Gasteiger partial charge in [-0.3, -0.25) is 9.59 Å². The van der Waals surface area contributed by atoms with Crippen LogP contribution in [0.3, 0.4) is 0 Å². The minimum atomic E-state index is -0.729. The predicted molar refractivity (Wildman–Crippen MR) is 113 cm³/mol. The Morgan fingerprint density at radius 1 is 1.03 bits per heavy atom. The van der Waals surface area contributed by atoms with Crippen molar-refractivity contribution >= 4 is 17.4 Å². The second kappa shape index (κ2) is 7.84. The Labute approximate surface area is 180 Å². The molecular weight excluding hydrogens is 397 g/mol. The molecule has 0 radical (unpaired) electrons. The Kier molecular flexibility index (Phi) is 5.00. The summed E-state index contributed by atoms with van der Waals surface area (Å²) in [4.78, 5) is 27.9. The van der Waals surface area contributed by atoms with E-state index in [2.05, 4.69) is 0 Å².